The van der Waals surface area contributed by atoms with Crippen LogP contribution >= 0.6 is 0 Å². The molecule has 0 aromatic rings. The quantitative estimate of drug-likeness (QED) is 0.633. The Morgan fingerprint density at radius 2 is 2.27 bits per heavy atom. The zero-order valence-electron chi connectivity index (χ0n) is 9.67. The Hall–Kier alpha value is -0.120. The molecule has 1 heterocycles. The van der Waals surface area contributed by atoms with E-state index in [1.54, 1.807) is 7.11 Å². The predicted molar refractivity (Wildman–Crippen MR) is 58.0 cm³/mol. The lowest BCUT2D eigenvalue weighted by Gasteiger charge is -2.52. The van der Waals surface area contributed by atoms with Crippen molar-refractivity contribution in [3.63, 3.8) is 0 Å². The molecule has 3 heteroatoms. The minimum atomic E-state index is 0.103. The van der Waals surface area contributed by atoms with Crippen LogP contribution in [0.1, 0.15) is 32.1 Å². The van der Waals surface area contributed by atoms with Gasteiger partial charge in [-0.2, -0.15) is 0 Å². The summed E-state index contributed by atoms with van der Waals surface area (Å²) in [4.78, 5) is 0. The standard InChI is InChI=1S/C12H22O3/c1-13-7-4-8-14-10-12-6-3-2-5-11(12)9-15-12/h11H,2-10H2,1H3. The first-order valence-electron chi connectivity index (χ1n) is 6.08. The van der Waals surface area contributed by atoms with E-state index in [-0.39, 0.29) is 5.60 Å². The lowest BCUT2D eigenvalue weighted by Crippen LogP contribution is -2.58. The Kier molecular flexibility index (Phi) is 4.00. The Bertz CT molecular complexity index is 195. The Labute approximate surface area is 92.1 Å². The Morgan fingerprint density at radius 1 is 1.33 bits per heavy atom. The molecule has 1 aliphatic heterocycles. The van der Waals surface area contributed by atoms with Gasteiger partial charge in [-0.3, -0.25) is 0 Å². The van der Waals surface area contributed by atoms with Crippen molar-refractivity contribution in [1.82, 2.24) is 0 Å². The third-order valence-electron chi connectivity index (χ3n) is 3.70. The van der Waals surface area contributed by atoms with Crippen molar-refractivity contribution in [3.8, 4) is 0 Å². The summed E-state index contributed by atoms with van der Waals surface area (Å²) in [6.07, 6.45) is 6.19. The normalized spacial score (nSPS) is 34.6. The highest BCUT2D eigenvalue weighted by atomic mass is 16.6. The molecule has 0 N–H and O–H groups in total. The van der Waals surface area contributed by atoms with Gasteiger partial charge < -0.3 is 14.2 Å². The van der Waals surface area contributed by atoms with Crippen LogP contribution in [0, 0.1) is 5.92 Å². The van der Waals surface area contributed by atoms with Crippen LogP contribution < -0.4 is 0 Å². The first-order chi connectivity index (χ1) is 7.37. The van der Waals surface area contributed by atoms with Gasteiger partial charge in [0.1, 0.15) is 0 Å². The van der Waals surface area contributed by atoms with Crippen molar-refractivity contribution < 1.29 is 14.2 Å². The van der Waals surface area contributed by atoms with Gasteiger partial charge >= 0.3 is 0 Å². The van der Waals surface area contributed by atoms with E-state index in [9.17, 15) is 0 Å². The van der Waals surface area contributed by atoms with Gasteiger partial charge in [0.05, 0.1) is 18.8 Å². The molecule has 0 spiro atoms. The van der Waals surface area contributed by atoms with Crippen molar-refractivity contribution in [1.29, 1.82) is 0 Å². The van der Waals surface area contributed by atoms with Crippen molar-refractivity contribution in [3.05, 3.63) is 0 Å². The molecule has 0 aromatic carbocycles. The molecule has 2 aliphatic rings. The van der Waals surface area contributed by atoms with E-state index in [4.69, 9.17) is 14.2 Å². The zero-order chi connectivity index (χ0) is 10.6. The van der Waals surface area contributed by atoms with Crippen LogP contribution in [0.2, 0.25) is 0 Å². The van der Waals surface area contributed by atoms with E-state index in [2.05, 4.69) is 0 Å². The second kappa shape index (κ2) is 5.28. The Morgan fingerprint density at radius 3 is 2.93 bits per heavy atom. The van der Waals surface area contributed by atoms with Crippen molar-refractivity contribution >= 4 is 0 Å². The molecular formula is C12H22O3. The van der Waals surface area contributed by atoms with E-state index < -0.39 is 0 Å². The molecule has 0 amide bonds. The van der Waals surface area contributed by atoms with Crippen LogP contribution in [0.3, 0.4) is 0 Å². The largest absolute Gasteiger partial charge is 0.385 e. The fourth-order valence-electron chi connectivity index (χ4n) is 2.66. The Balaban J connectivity index is 1.64. The van der Waals surface area contributed by atoms with Crippen LogP contribution in [0.15, 0.2) is 0 Å². The summed E-state index contributed by atoms with van der Waals surface area (Å²) in [6.45, 7) is 3.34. The second-order valence-electron chi connectivity index (χ2n) is 4.72. The monoisotopic (exact) mass is 214 g/mol. The first kappa shape index (κ1) is 11.4. The molecule has 1 saturated heterocycles. The molecule has 2 unspecified atom stereocenters. The lowest BCUT2D eigenvalue weighted by molar-refractivity contribution is -0.245. The predicted octanol–water partition coefficient (Wildman–Crippen LogP) is 2.00. The molecule has 2 fully saturated rings. The number of ether oxygens (including phenoxy) is 3. The smallest absolute Gasteiger partial charge is 0.0964 e. The average Bonchev–Trinajstić information content (AvgIpc) is 2.22. The number of rotatable bonds is 6. The highest BCUT2D eigenvalue weighted by Crippen LogP contribution is 2.44. The molecule has 1 saturated carbocycles. The lowest BCUT2D eigenvalue weighted by atomic mass is 9.72. The van der Waals surface area contributed by atoms with Crippen LogP contribution in [-0.2, 0) is 14.2 Å². The maximum Gasteiger partial charge on any atom is 0.0964 e. The number of hydrogen-bond donors (Lipinski definition) is 0. The van der Waals surface area contributed by atoms with Gasteiger partial charge in [0.15, 0.2) is 0 Å². The number of methoxy groups -OCH3 is 1. The van der Waals surface area contributed by atoms with Crippen LogP contribution in [0.4, 0.5) is 0 Å². The third kappa shape index (κ3) is 2.52. The maximum absolute atomic E-state index is 5.77. The molecule has 2 atom stereocenters. The SMILES string of the molecule is COCCCOCC12CCCCC1CO2. The number of fused-ring (bicyclic) bond motifs is 1. The van der Waals surface area contributed by atoms with E-state index in [1.807, 2.05) is 0 Å². The van der Waals surface area contributed by atoms with Crippen molar-refractivity contribution in [2.75, 3.05) is 33.5 Å². The minimum Gasteiger partial charge on any atom is -0.385 e. The van der Waals surface area contributed by atoms with Crippen LogP contribution in [0.5, 0.6) is 0 Å². The number of hydrogen-bond acceptors (Lipinski definition) is 3. The van der Waals surface area contributed by atoms with Gasteiger partial charge in [0.25, 0.3) is 0 Å². The molecule has 0 radical (unpaired) electrons. The summed E-state index contributed by atoms with van der Waals surface area (Å²) in [5, 5.41) is 0. The first-order valence-corrected chi connectivity index (χ1v) is 6.08. The summed E-state index contributed by atoms with van der Waals surface area (Å²) < 4.78 is 16.5. The summed E-state index contributed by atoms with van der Waals surface area (Å²) in [6, 6.07) is 0. The summed E-state index contributed by atoms with van der Waals surface area (Å²) in [5.41, 5.74) is 0.103. The maximum atomic E-state index is 5.77. The molecule has 3 nitrogen and oxygen atoms in total. The third-order valence-corrected chi connectivity index (χ3v) is 3.70. The van der Waals surface area contributed by atoms with Crippen molar-refractivity contribution in [2.24, 2.45) is 5.92 Å². The fourth-order valence-corrected chi connectivity index (χ4v) is 2.66. The molecule has 0 bridgehead atoms. The fraction of sp³-hybridized carbons (Fsp3) is 1.00. The topological polar surface area (TPSA) is 27.7 Å². The van der Waals surface area contributed by atoms with Gasteiger partial charge in [-0.05, 0) is 19.3 Å². The highest BCUT2D eigenvalue weighted by molar-refractivity contribution is 4.98. The van der Waals surface area contributed by atoms with Gasteiger partial charge in [0, 0.05) is 26.2 Å². The van der Waals surface area contributed by atoms with Crippen molar-refractivity contribution in [2.45, 2.75) is 37.7 Å². The molecule has 1 aliphatic carbocycles. The molecule has 2 rings (SSSR count). The van der Waals surface area contributed by atoms with Crippen LogP contribution in [-0.4, -0.2) is 39.1 Å². The molecular weight excluding hydrogens is 192 g/mol. The van der Waals surface area contributed by atoms with E-state index >= 15 is 0 Å². The molecule has 0 aromatic heterocycles. The minimum absolute atomic E-state index is 0.103. The average molecular weight is 214 g/mol. The summed E-state index contributed by atoms with van der Waals surface area (Å²) >= 11 is 0. The molecule has 15 heavy (non-hydrogen) atoms. The van der Waals surface area contributed by atoms with E-state index in [0.717, 1.165) is 38.8 Å². The summed E-state index contributed by atoms with van der Waals surface area (Å²) in [5.74, 6) is 0.772. The van der Waals surface area contributed by atoms with Gasteiger partial charge in [-0.15, -0.1) is 0 Å². The zero-order valence-corrected chi connectivity index (χ0v) is 9.67. The second-order valence-corrected chi connectivity index (χ2v) is 4.72. The molecule has 88 valence electrons. The van der Waals surface area contributed by atoms with E-state index in [0.29, 0.717) is 0 Å². The summed E-state index contributed by atoms with van der Waals surface area (Å²) in [7, 11) is 1.73. The van der Waals surface area contributed by atoms with E-state index in [1.165, 1.54) is 25.7 Å². The van der Waals surface area contributed by atoms with Gasteiger partial charge in [-0.1, -0.05) is 12.8 Å². The van der Waals surface area contributed by atoms with Gasteiger partial charge in [-0.25, -0.2) is 0 Å². The van der Waals surface area contributed by atoms with Crippen LogP contribution in [0.25, 0.3) is 0 Å². The highest BCUT2D eigenvalue weighted by Gasteiger charge is 2.49. The van der Waals surface area contributed by atoms with Gasteiger partial charge in [0.2, 0.25) is 0 Å².